The summed E-state index contributed by atoms with van der Waals surface area (Å²) in [5.74, 6) is 0. The zero-order chi connectivity index (χ0) is 9.26. The number of nitrogens with zero attached hydrogens (tertiary/aromatic N) is 1. The minimum Gasteiger partial charge on any atom is -0.315 e. The summed E-state index contributed by atoms with van der Waals surface area (Å²) in [6.07, 6.45) is 8.49. The van der Waals surface area contributed by atoms with E-state index in [1.54, 1.807) is 0 Å². The molecule has 0 aromatic heterocycles. The lowest BCUT2D eigenvalue weighted by molar-refractivity contribution is 0.147. The predicted molar refractivity (Wildman–Crippen MR) is 55.9 cm³/mol. The van der Waals surface area contributed by atoms with Crippen LogP contribution in [0.5, 0.6) is 0 Å². The van der Waals surface area contributed by atoms with Gasteiger partial charge in [-0.3, -0.25) is 4.90 Å². The SMILES string of the molecule is CN[C@H]1CCCC[C@@H]1N(C)C1CC1. The topological polar surface area (TPSA) is 15.3 Å². The summed E-state index contributed by atoms with van der Waals surface area (Å²) >= 11 is 0. The van der Waals surface area contributed by atoms with Gasteiger partial charge in [-0.2, -0.15) is 0 Å². The molecule has 0 aliphatic heterocycles. The largest absolute Gasteiger partial charge is 0.315 e. The smallest absolute Gasteiger partial charge is 0.0249 e. The van der Waals surface area contributed by atoms with Crippen molar-refractivity contribution in [3.63, 3.8) is 0 Å². The lowest BCUT2D eigenvalue weighted by Crippen LogP contribution is -2.50. The van der Waals surface area contributed by atoms with Gasteiger partial charge in [-0.15, -0.1) is 0 Å². The molecule has 2 nitrogen and oxygen atoms in total. The zero-order valence-electron chi connectivity index (χ0n) is 8.92. The van der Waals surface area contributed by atoms with E-state index in [9.17, 15) is 0 Å². The average Bonchev–Trinajstić information content (AvgIpc) is 3.00. The van der Waals surface area contributed by atoms with E-state index in [0.29, 0.717) is 0 Å². The molecule has 2 aliphatic rings. The van der Waals surface area contributed by atoms with Crippen molar-refractivity contribution in [2.24, 2.45) is 0 Å². The van der Waals surface area contributed by atoms with Crippen molar-refractivity contribution in [1.82, 2.24) is 10.2 Å². The molecule has 1 N–H and O–H groups in total. The molecule has 0 radical (unpaired) electrons. The van der Waals surface area contributed by atoms with Crippen molar-refractivity contribution in [3.05, 3.63) is 0 Å². The van der Waals surface area contributed by atoms with Crippen LogP contribution in [0.4, 0.5) is 0 Å². The number of hydrogen-bond donors (Lipinski definition) is 1. The molecular formula is C11H22N2. The second kappa shape index (κ2) is 3.97. The third-order valence-corrected chi connectivity index (χ3v) is 3.75. The van der Waals surface area contributed by atoms with E-state index in [-0.39, 0.29) is 0 Å². The standard InChI is InChI=1S/C11H22N2/c1-12-10-5-3-4-6-11(10)13(2)9-7-8-9/h9-12H,3-8H2,1-2H3/t10-,11-/m0/s1. The van der Waals surface area contributed by atoms with E-state index in [1.807, 2.05) is 0 Å². The number of likely N-dealkylation sites (N-methyl/N-ethyl adjacent to an activating group) is 2. The van der Waals surface area contributed by atoms with Gasteiger partial charge in [0, 0.05) is 18.1 Å². The molecule has 2 rings (SSSR count). The van der Waals surface area contributed by atoms with Crippen molar-refractivity contribution < 1.29 is 0 Å². The highest BCUT2D eigenvalue weighted by atomic mass is 15.2. The van der Waals surface area contributed by atoms with Crippen LogP contribution in [-0.4, -0.2) is 37.1 Å². The van der Waals surface area contributed by atoms with Gasteiger partial charge in [0.2, 0.25) is 0 Å². The Morgan fingerprint density at radius 3 is 2.38 bits per heavy atom. The minimum absolute atomic E-state index is 0.749. The normalized spacial score (nSPS) is 35.3. The van der Waals surface area contributed by atoms with Gasteiger partial charge in [-0.05, 0) is 39.8 Å². The summed E-state index contributed by atoms with van der Waals surface area (Å²) in [5, 5.41) is 3.48. The maximum absolute atomic E-state index is 3.48. The van der Waals surface area contributed by atoms with Gasteiger partial charge in [-0.1, -0.05) is 12.8 Å². The molecule has 2 fully saturated rings. The Labute approximate surface area is 81.7 Å². The lowest BCUT2D eigenvalue weighted by Gasteiger charge is -2.38. The van der Waals surface area contributed by atoms with Crippen LogP contribution in [0.3, 0.4) is 0 Å². The maximum Gasteiger partial charge on any atom is 0.0249 e. The second-order valence-corrected chi connectivity index (χ2v) is 4.64. The van der Waals surface area contributed by atoms with Crippen LogP contribution in [0.1, 0.15) is 38.5 Å². The monoisotopic (exact) mass is 182 g/mol. The first-order valence-electron chi connectivity index (χ1n) is 5.72. The molecule has 0 aromatic carbocycles. The lowest BCUT2D eigenvalue weighted by atomic mass is 9.89. The van der Waals surface area contributed by atoms with Crippen molar-refractivity contribution in [3.8, 4) is 0 Å². The van der Waals surface area contributed by atoms with Crippen molar-refractivity contribution in [2.45, 2.75) is 56.7 Å². The van der Waals surface area contributed by atoms with Crippen LogP contribution in [0.2, 0.25) is 0 Å². The Balaban J connectivity index is 1.92. The third kappa shape index (κ3) is 2.05. The van der Waals surface area contributed by atoms with Gasteiger partial charge >= 0.3 is 0 Å². The van der Waals surface area contributed by atoms with Crippen molar-refractivity contribution in [1.29, 1.82) is 0 Å². The van der Waals surface area contributed by atoms with E-state index in [0.717, 1.165) is 18.1 Å². The second-order valence-electron chi connectivity index (χ2n) is 4.64. The summed E-state index contributed by atoms with van der Waals surface area (Å²) in [6, 6.07) is 2.48. The first kappa shape index (κ1) is 9.47. The molecule has 0 saturated heterocycles. The Morgan fingerprint density at radius 2 is 1.77 bits per heavy atom. The highest BCUT2D eigenvalue weighted by Crippen LogP contribution is 2.32. The number of rotatable bonds is 3. The molecule has 2 atom stereocenters. The summed E-state index contributed by atoms with van der Waals surface area (Å²) in [7, 11) is 4.43. The highest BCUT2D eigenvalue weighted by Gasteiger charge is 2.35. The predicted octanol–water partition coefficient (Wildman–Crippen LogP) is 1.61. The van der Waals surface area contributed by atoms with Gasteiger partial charge in [0.25, 0.3) is 0 Å². The van der Waals surface area contributed by atoms with Crippen LogP contribution >= 0.6 is 0 Å². The third-order valence-electron chi connectivity index (χ3n) is 3.75. The fourth-order valence-electron chi connectivity index (χ4n) is 2.69. The Kier molecular flexibility index (Phi) is 2.89. The molecular weight excluding hydrogens is 160 g/mol. The molecule has 0 bridgehead atoms. The van der Waals surface area contributed by atoms with Crippen molar-refractivity contribution >= 4 is 0 Å². The van der Waals surface area contributed by atoms with Crippen LogP contribution in [0, 0.1) is 0 Å². The number of nitrogens with one attached hydrogen (secondary N) is 1. The molecule has 0 unspecified atom stereocenters. The molecule has 0 aromatic rings. The summed E-state index contributed by atoms with van der Waals surface area (Å²) in [5.41, 5.74) is 0. The molecule has 2 saturated carbocycles. The van der Waals surface area contributed by atoms with Gasteiger partial charge < -0.3 is 5.32 Å². The van der Waals surface area contributed by atoms with Gasteiger partial charge in [0.15, 0.2) is 0 Å². The molecule has 76 valence electrons. The fraction of sp³-hybridized carbons (Fsp3) is 1.00. The van der Waals surface area contributed by atoms with Crippen LogP contribution in [-0.2, 0) is 0 Å². The molecule has 0 heterocycles. The van der Waals surface area contributed by atoms with Crippen LogP contribution in [0.25, 0.3) is 0 Å². The number of hydrogen-bond acceptors (Lipinski definition) is 2. The molecule has 0 amide bonds. The summed E-state index contributed by atoms with van der Waals surface area (Å²) in [6.45, 7) is 0. The van der Waals surface area contributed by atoms with E-state index in [2.05, 4.69) is 24.3 Å². The highest BCUT2D eigenvalue weighted by molar-refractivity contribution is 4.93. The van der Waals surface area contributed by atoms with E-state index >= 15 is 0 Å². The zero-order valence-corrected chi connectivity index (χ0v) is 8.92. The minimum atomic E-state index is 0.749. The molecule has 13 heavy (non-hydrogen) atoms. The van der Waals surface area contributed by atoms with Crippen molar-refractivity contribution in [2.75, 3.05) is 14.1 Å². The van der Waals surface area contributed by atoms with Gasteiger partial charge in [-0.25, -0.2) is 0 Å². The molecule has 0 spiro atoms. The van der Waals surface area contributed by atoms with Gasteiger partial charge in [0.05, 0.1) is 0 Å². The maximum atomic E-state index is 3.48. The first-order valence-corrected chi connectivity index (χ1v) is 5.72. The van der Waals surface area contributed by atoms with Crippen LogP contribution in [0.15, 0.2) is 0 Å². The van der Waals surface area contributed by atoms with Crippen LogP contribution < -0.4 is 5.32 Å². The average molecular weight is 182 g/mol. The Hall–Kier alpha value is -0.0800. The fourth-order valence-corrected chi connectivity index (χ4v) is 2.69. The quantitative estimate of drug-likeness (QED) is 0.713. The molecule has 2 heteroatoms. The summed E-state index contributed by atoms with van der Waals surface area (Å²) in [4.78, 5) is 2.63. The van der Waals surface area contributed by atoms with E-state index < -0.39 is 0 Å². The van der Waals surface area contributed by atoms with E-state index in [1.165, 1.54) is 38.5 Å². The Bertz CT molecular complexity index is 163. The molecule has 2 aliphatic carbocycles. The summed E-state index contributed by atoms with van der Waals surface area (Å²) < 4.78 is 0. The van der Waals surface area contributed by atoms with E-state index in [4.69, 9.17) is 0 Å². The Morgan fingerprint density at radius 1 is 1.08 bits per heavy atom. The first-order chi connectivity index (χ1) is 6.33. The van der Waals surface area contributed by atoms with Gasteiger partial charge in [0.1, 0.15) is 0 Å².